The first-order chi connectivity index (χ1) is 15.5. The van der Waals surface area contributed by atoms with Gasteiger partial charge in [0.2, 0.25) is 5.91 Å². The third-order valence-electron chi connectivity index (χ3n) is 4.10. The number of sulfone groups is 1. The third-order valence-corrected chi connectivity index (χ3v) is 5.07. The van der Waals surface area contributed by atoms with E-state index < -0.39 is 9.84 Å². The Hall–Kier alpha value is -4.04. The summed E-state index contributed by atoms with van der Waals surface area (Å²) in [6.07, 6.45) is 2.42. The fourth-order valence-electron chi connectivity index (χ4n) is 2.83. The van der Waals surface area contributed by atoms with E-state index in [4.69, 9.17) is 4.74 Å². The molecule has 2 N–H and O–H groups in total. The summed E-state index contributed by atoms with van der Waals surface area (Å²) in [7, 11) is -3.59. The fraction of sp³-hybridized carbons (Fsp3) is 0.227. The quantitative estimate of drug-likeness (QED) is 0.535. The van der Waals surface area contributed by atoms with E-state index in [1.54, 1.807) is 24.3 Å². The molecule has 11 heteroatoms. The highest BCUT2D eigenvalue weighted by Gasteiger charge is 2.15. The highest BCUT2D eigenvalue weighted by Crippen LogP contribution is 2.27. The number of carbonyl (C=O) groups is 1. The fourth-order valence-corrected chi connectivity index (χ4v) is 3.43. The van der Waals surface area contributed by atoms with E-state index in [1.165, 1.54) is 25.3 Å². The molecular formula is C22H22N6O4S. The number of hydrogen-bond acceptors (Lipinski definition) is 9. The molecule has 0 unspecified atom stereocenters. The zero-order chi connectivity index (χ0) is 24.2. The summed E-state index contributed by atoms with van der Waals surface area (Å²) in [6.45, 7) is 5.04. The van der Waals surface area contributed by atoms with Crippen LogP contribution in [-0.2, 0) is 14.6 Å². The summed E-state index contributed by atoms with van der Waals surface area (Å²) < 4.78 is 29.8. The Labute approximate surface area is 191 Å². The van der Waals surface area contributed by atoms with Gasteiger partial charge in [0.1, 0.15) is 29.1 Å². The van der Waals surface area contributed by atoms with Gasteiger partial charge in [-0.2, -0.15) is 5.26 Å². The number of amides is 1. The summed E-state index contributed by atoms with van der Waals surface area (Å²) in [5.74, 6) is 0.723. The number of rotatable bonds is 7. The lowest BCUT2D eigenvalue weighted by Gasteiger charge is -2.14. The maximum Gasteiger partial charge on any atom is 0.222 e. The highest BCUT2D eigenvalue weighted by molar-refractivity contribution is 7.90. The Morgan fingerprint density at radius 1 is 1.12 bits per heavy atom. The molecule has 3 heterocycles. The molecule has 3 aromatic rings. The van der Waals surface area contributed by atoms with Crippen molar-refractivity contribution in [1.29, 1.82) is 5.26 Å². The van der Waals surface area contributed by atoms with Crippen LogP contribution in [0.4, 0.5) is 17.3 Å². The Balaban J connectivity index is 1.99. The summed E-state index contributed by atoms with van der Waals surface area (Å²) in [4.78, 5) is 23.8. The van der Waals surface area contributed by atoms with E-state index in [-0.39, 0.29) is 28.5 Å². The van der Waals surface area contributed by atoms with E-state index in [0.29, 0.717) is 28.5 Å². The molecule has 1 amide bonds. The number of ether oxygens (including phenoxy) is 1. The van der Waals surface area contributed by atoms with Crippen LogP contribution >= 0.6 is 0 Å². The van der Waals surface area contributed by atoms with E-state index in [0.717, 1.165) is 6.26 Å². The largest absolute Gasteiger partial charge is 0.491 e. The van der Waals surface area contributed by atoms with Crippen LogP contribution < -0.4 is 15.4 Å². The number of hydrogen-bond donors (Lipinski definition) is 2. The molecule has 0 radical (unpaired) electrons. The molecule has 0 fully saturated rings. The van der Waals surface area contributed by atoms with Crippen molar-refractivity contribution >= 4 is 33.1 Å². The van der Waals surface area contributed by atoms with Crippen LogP contribution in [-0.4, -0.2) is 41.6 Å². The molecule has 0 aliphatic heterocycles. The Kier molecular flexibility index (Phi) is 6.89. The van der Waals surface area contributed by atoms with Gasteiger partial charge in [-0.15, -0.1) is 0 Å². The molecular weight excluding hydrogens is 444 g/mol. The average molecular weight is 467 g/mol. The minimum absolute atomic E-state index is 0.138. The number of anilines is 3. The minimum Gasteiger partial charge on any atom is -0.491 e. The van der Waals surface area contributed by atoms with E-state index >= 15 is 0 Å². The van der Waals surface area contributed by atoms with Crippen LogP contribution in [0, 0.1) is 11.3 Å². The van der Waals surface area contributed by atoms with Gasteiger partial charge < -0.3 is 15.4 Å². The first-order valence-corrected chi connectivity index (χ1v) is 11.7. The molecule has 0 aliphatic carbocycles. The predicted molar refractivity (Wildman–Crippen MR) is 123 cm³/mol. The van der Waals surface area contributed by atoms with Crippen LogP contribution in [0.25, 0.3) is 11.3 Å². The molecule has 33 heavy (non-hydrogen) atoms. The smallest absolute Gasteiger partial charge is 0.222 e. The van der Waals surface area contributed by atoms with Crippen molar-refractivity contribution in [2.75, 3.05) is 16.9 Å². The minimum atomic E-state index is -3.59. The van der Waals surface area contributed by atoms with Crippen LogP contribution in [0.5, 0.6) is 5.75 Å². The van der Waals surface area contributed by atoms with Crippen molar-refractivity contribution in [2.45, 2.75) is 31.9 Å². The Morgan fingerprint density at radius 3 is 2.45 bits per heavy atom. The summed E-state index contributed by atoms with van der Waals surface area (Å²) in [6, 6.07) is 11.5. The predicted octanol–water partition coefficient (Wildman–Crippen LogP) is 3.30. The number of aromatic nitrogens is 3. The van der Waals surface area contributed by atoms with Gasteiger partial charge >= 0.3 is 0 Å². The topological polar surface area (TPSA) is 147 Å². The number of pyridine rings is 3. The SMILES string of the molecule is CC(=O)Nc1ccc(-c2cc(Nc3cc(OC(C)C)cc(S(C)(=O)=O)n3)cc(C#N)n2)cn1. The Morgan fingerprint density at radius 2 is 1.88 bits per heavy atom. The monoisotopic (exact) mass is 466 g/mol. The van der Waals surface area contributed by atoms with Crippen molar-refractivity contribution in [3.05, 3.63) is 48.3 Å². The Bertz CT molecular complexity index is 1330. The second-order valence-electron chi connectivity index (χ2n) is 7.44. The zero-order valence-electron chi connectivity index (χ0n) is 18.4. The summed E-state index contributed by atoms with van der Waals surface area (Å²) in [5.41, 5.74) is 1.68. The van der Waals surface area contributed by atoms with Crippen molar-refractivity contribution < 1.29 is 17.9 Å². The highest BCUT2D eigenvalue weighted by atomic mass is 32.2. The second-order valence-corrected chi connectivity index (χ2v) is 9.40. The number of nitriles is 1. The van der Waals surface area contributed by atoms with Crippen LogP contribution in [0.3, 0.4) is 0 Å². The molecule has 170 valence electrons. The first kappa shape index (κ1) is 23.6. The molecule has 0 saturated carbocycles. The van der Waals surface area contributed by atoms with Crippen molar-refractivity contribution in [1.82, 2.24) is 15.0 Å². The van der Waals surface area contributed by atoms with Gasteiger partial charge in [-0.1, -0.05) is 0 Å². The van der Waals surface area contributed by atoms with E-state index in [2.05, 4.69) is 25.6 Å². The van der Waals surface area contributed by atoms with E-state index in [9.17, 15) is 18.5 Å². The van der Waals surface area contributed by atoms with Gasteiger partial charge in [-0.05, 0) is 38.1 Å². The maximum absolute atomic E-state index is 12.1. The van der Waals surface area contributed by atoms with Crippen LogP contribution in [0.2, 0.25) is 0 Å². The van der Waals surface area contributed by atoms with E-state index in [1.807, 2.05) is 19.9 Å². The number of carbonyl (C=O) groups excluding carboxylic acids is 1. The molecule has 0 aromatic carbocycles. The van der Waals surface area contributed by atoms with Gasteiger partial charge in [0.05, 0.1) is 11.8 Å². The molecule has 0 aliphatic rings. The molecule has 10 nitrogen and oxygen atoms in total. The van der Waals surface area contributed by atoms with Gasteiger partial charge in [0, 0.05) is 42.8 Å². The maximum atomic E-state index is 12.1. The van der Waals surface area contributed by atoms with Gasteiger partial charge in [-0.3, -0.25) is 4.79 Å². The standard InChI is InChI=1S/C22H22N6O4S/c1-13(2)32-18-9-21(28-22(10-18)33(4,30)31)27-16-7-17(11-23)26-19(8-16)15-5-6-20(24-12-15)25-14(3)29/h5-10,12-13H,1-4H3,(H,24,25,29)(H,26,27,28). The number of nitrogens with zero attached hydrogens (tertiary/aromatic N) is 4. The van der Waals surface area contributed by atoms with Gasteiger partial charge in [0.15, 0.2) is 14.9 Å². The average Bonchev–Trinajstić information content (AvgIpc) is 2.72. The van der Waals surface area contributed by atoms with Crippen molar-refractivity contribution in [3.8, 4) is 23.1 Å². The van der Waals surface area contributed by atoms with Crippen LogP contribution in [0.15, 0.2) is 47.6 Å². The molecule has 0 saturated heterocycles. The molecule has 0 atom stereocenters. The van der Waals surface area contributed by atoms with Crippen molar-refractivity contribution in [2.24, 2.45) is 0 Å². The lowest BCUT2D eigenvalue weighted by molar-refractivity contribution is -0.114. The summed E-state index contributed by atoms with van der Waals surface area (Å²) in [5, 5.41) is 14.9. The zero-order valence-corrected chi connectivity index (χ0v) is 19.3. The molecule has 0 bridgehead atoms. The molecule has 0 spiro atoms. The van der Waals surface area contributed by atoms with Gasteiger partial charge in [0.25, 0.3) is 0 Å². The normalized spacial score (nSPS) is 11.0. The van der Waals surface area contributed by atoms with Crippen molar-refractivity contribution in [3.63, 3.8) is 0 Å². The number of nitrogens with one attached hydrogen (secondary N) is 2. The third kappa shape index (κ3) is 6.47. The van der Waals surface area contributed by atoms with Gasteiger partial charge in [-0.25, -0.2) is 23.4 Å². The first-order valence-electron chi connectivity index (χ1n) is 9.85. The molecule has 3 aromatic heterocycles. The van der Waals surface area contributed by atoms with Crippen LogP contribution in [0.1, 0.15) is 26.5 Å². The lowest BCUT2D eigenvalue weighted by Crippen LogP contribution is -2.09. The lowest BCUT2D eigenvalue weighted by atomic mass is 10.1. The molecule has 3 rings (SSSR count). The second kappa shape index (κ2) is 9.62. The summed E-state index contributed by atoms with van der Waals surface area (Å²) >= 11 is 0.